The molecule has 8 aromatic heterocycles. The van der Waals surface area contributed by atoms with Crippen LogP contribution in [-0.4, -0.2) is 79.2 Å². The molecule has 7 aromatic carbocycles. The number of benzene rings is 7. The Kier molecular flexibility index (Phi) is 26.4. The minimum Gasteiger partial charge on any atom is -0.463 e. The van der Waals surface area contributed by atoms with Gasteiger partial charge < -0.3 is 48.9 Å². The van der Waals surface area contributed by atoms with Crippen LogP contribution in [0.4, 0.5) is 5.69 Å². The molecule has 0 spiro atoms. The first kappa shape index (κ1) is 69.5. The highest BCUT2D eigenvalue weighted by molar-refractivity contribution is 14.1. The molecule has 8 N–H and O–H groups in total. The highest BCUT2D eigenvalue weighted by Gasteiger charge is 2.19. The quantitative estimate of drug-likeness (QED) is 0.0352. The van der Waals surface area contributed by atoms with E-state index >= 15 is 0 Å². The Balaban J connectivity index is 0.000000140. The van der Waals surface area contributed by atoms with Gasteiger partial charge in [-0.05, 0) is 164 Å². The van der Waals surface area contributed by atoms with Crippen LogP contribution in [0.2, 0.25) is 0 Å². The topological polar surface area (TPSA) is 297 Å². The van der Waals surface area contributed by atoms with Crippen LogP contribution in [0.25, 0.3) is 81.8 Å². The van der Waals surface area contributed by atoms with Gasteiger partial charge in [-0.15, -0.1) is 0 Å². The molecule has 0 amide bonds. The molecule has 93 heavy (non-hydrogen) atoms. The van der Waals surface area contributed by atoms with E-state index in [-0.39, 0.29) is 27.6 Å². The maximum absolute atomic E-state index is 12.0. The van der Waals surface area contributed by atoms with Gasteiger partial charge in [0.1, 0.15) is 21.8 Å². The Labute approximate surface area is 581 Å². The van der Waals surface area contributed by atoms with E-state index in [0.717, 1.165) is 23.0 Å². The van der Waals surface area contributed by atoms with Crippen molar-refractivity contribution < 1.29 is 28.9 Å². The fourth-order valence-corrected chi connectivity index (χ4v) is 10.6. The van der Waals surface area contributed by atoms with Crippen molar-refractivity contribution in [1.29, 1.82) is 5.26 Å². The zero-order valence-corrected chi connectivity index (χ0v) is 56.9. The first-order valence-electron chi connectivity index (χ1n) is 27.7. The third-order valence-electron chi connectivity index (χ3n) is 13.0. The van der Waals surface area contributed by atoms with E-state index in [1.165, 1.54) is 73.1 Å². The second kappa shape index (κ2) is 35.4. The molecule has 0 bridgehead atoms. The average molecular weight is 1630 g/mol. The minimum atomic E-state index is -1.81. The van der Waals surface area contributed by atoms with Crippen LogP contribution in [-0.2, 0) is 0 Å². The molecule has 0 atom stereocenters. The largest absolute Gasteiger partial charge is 0.488 e. The lowest BCUT2D eigenvalue weighted by Gasteiger charge is -2.05. The first-order chi connectivity index (χ1) is 45.1. The van der Waals surface area contributed by atoms with Crippen molar-refractivity contribution in [3.63, 3.8) is 0 Å². The van der Waals surface area contributed by atoms with E-state index in [9.17, 15) is 9.59 Å². The predicted octanol–water partition coefficient (Wildman–Crippen LogP) is 13.5. The van der Waals surface area contributed by atoms with Gasteiger partial charge in [-0.2, -0.15) is 5.26 Å². The monoisotopic (exact) mass is 1630 g/mol. The van der Waals surface area contributed by atoms with Gasteiger partial charge in [0.25, 0.3) is 11.1 Å². The van der Waals surface area contributed by atoms with E-state index in [0.29, 0.717) is 33.2 Å². The number of nitrogens with one attached hydrogen (secondary N) is 4. The van der Waals surface area contributed by atoms with Gasteiger partial charge in [0.15, 0.2) is 12.1 Å². The molecule has 0 radical (unpaired) electrons. The molecular weight excluding hydrogens is 1580 g/mol. The summed E-state index contributed by atoms with van der Waals surface area (Å²) >= 11 is 10.2. The van der Waals surface area contributed by atoms with E-state index in [1.54, 1.807) is 73.5 Å². The average Bonchev–Trinajstić information content (AvgIpc) is 1.83. The Hall–Kier alpha value is -9.43. The number of aromatic nitrogens is 9. The van der Waals surface area contributed by atoms with Crippen LogP contribution < -0.4 is 22.0 Å². The number of pyridine rings is 2. The highest BCUT2D eigenvalue weighted by atomic mass is 127. The number of para-hydroxylation sites is 2. The molecule has 0 fully saturated rings. The smallest absolute Gasteiger partial charge is 0.463 e. The van der Waals surface area contributed by atoms with Crippen molar-refractivity contribution in [2.24, 2.45) is 0 Å². The van der Waals surface area contributed by atoms with Gasteiger partial charge in [-0.25, -0.2) is 19.8 Å². The van der Waals surface area contributed by atoms with Crippen molar-refractivity contribution in [2.75, 3.05) is 0 Å². The number of nitrogens with zero attached hydrogens (tertiary/aromatic N) is 7. The third-order valence-corrected chi connectivity index (χ3v) is 15.8. The van der Waals surface area contributed by atoms with Gasteiger partial charge in [0.2, 0.25) is 0 Å². The number of halogens is 4. The van der Waals surface area contributed by atoms with Gasteiger partial charge >= 0.3 is 14.2 Å². The van der Waals surface area contributed by atoms with Crippen LogP contribution >= 0.6 is 83.7 Å². The summed E-state index contributed by atoms with van der Waals surface area (Å²) in [4.78, 5) is 57.9. The molecule has 19 nitrogen and oxygen atoms in total. The minimum absolute atomic E-state index is 0.0159. The maximum Gasteiger partial charge on any atom is 0.488 e. The van der Waals surface area contributed by atoms with E-state index in [4.69, 9.17) is 36.3 Å². The van der Waals surface area contributed by atoms with E-state index in [2.05, 4.69) is 217 Å². The number of oxazole rings is 1. The number of H-pyrrole nitrogens is 4. The zero-order chi connectivity index (χ0) is 66.1. The summed E-state index contributed by atoms with van der Waals surface area (Å²) < 4.78 is 14.4. The molecule has 25 heteroatoms. The summed E-state index contributed by atoms with van der Waals surface area (Å²) in [6.45, 7) is 8.74. The lowest BCUT2D eigenvalue weighted by molar-refractivity contribution is 0.424. The molecule has 8 heterocycles. The van der Waals surface area contributed by atoms with Gasteiger partial charge in [-0.3, -0.25) is 19.6 Å². The standard InChI is InChI=1S/C14H8N4O.C14H11N.C9H6BN3O3.C8H4BrIO.C8H6IN.C6H7BO2.C5H4IN.C4H5NO/c15-7-9-5-10(11-3-1-2-4-16-11)13-12(6-9)17-8-18-14(13)19;1-2-6-11(7-3-1)13-10-15-14-9-5-4-8-12(13)14;1-11-5-2-6(10(15)16)8-7(3-5)12-4-13-9(8)14;9-5-1-2-8-6(3-5)7(10)4-11-8;9-7-5-10-8-4-2-1-3-6(7)8;8-7(9)6-4-2-1-3-5-6;6-5-3-1-2-4-7-5;1-4-2-6-3-5-4/h1-6,8H,(H,17,18,19);1-10,15H;2-4,15-16H,(H,12,13,14);1-4H;1-5,10H;1-5,8-9H;1-4H;2-3H,1H3. The highest BCUT2D eigenvalue weighted by Crippen LogP contribution is 2.29. The van der Waals surface area contributed by atoms with Crippen molar-refractivity contribution >= 4 is 169 Å². The number of rotatable bonds is 4. The SMILES string of the molecule is Brc1ccc2occ(I)c2c1.Cc1cocn1.Ic1c[nH]c2ccccc12.Ic1ccccn1.N#Cc1cc(-c2ccccn2)c2c(=O)[nH]cnc2c1.OB(O)c1ccccc1.[C-]#[N+]c1cc(B(O)O)c2c(=O)[nH]cnc2c1.c1ccc(-c2c[nH]c3ccccc23)cc1. The molecule has 0 aliphatic carbocycles. The van der Waals surface area contributed by atoms with Crippen LogP contribution in [0.5, 0.6) is 0 Å². The zero-order valence-electron chi connectivity index (χ0n) is 48.8. The number of fused-ring (bicyclic) bond motifs is 5. The predicted molar refractivity (Wildman–Crippen MR) is 395 cm³/mol. The summed E-state index contributed by atoms with van der Waals surface area (Å²) in [5.41, 5.74) is 9.27. The maximum atomic E-state index is 12.0. The molecule has 0 aliphatic heterocycles. The lowest BCUT2D eigenvalue weighted by Crippen LogP contribution is -2.33. The Morgan fingerprint density at radius 1 is 0.581 bits per heavy atom. The normalized spacial score (nSPS) is 10.1. The number of nitriles is 1. The fourth-order valence-electron chi connectivity index (χ4n) is 8.65. The molecule has 15 rings (SSSR count). The Bertz CT molecular complexity index is 5060. The summed E-state index contributed by atoms with van der Waals surface area (Å²) in [6, 6.07) is 61.0. The molecule has 0 saturated carbocycles. The molecule has 15 aromatic rings. The number of hydrogen-bond donors (Lipinski definition) is 8. The number of hydrogen-bond acceptors (Lipinski definition) is 14. The third kappa shape index (κ3) is 20.0. The molecule has 0 aliphatic rings. The first-order valence-corrected chi connectivity index (χ1v) is 31.7. The second-order valence-corrected chi connectivity index (χ2v) is 23.6. The molecule has 0 unspecified atom stereocenters. The fraction of sp³-hybridized carbons (Fsp3) is 0.0147. The summed E-state index contributed by atoms with van der Waals surface area (Å²) in [6.07, 6.45) is 14.8. The van der Waals surface area contributed by atoms with Crippen molar-refractivity contribution in [2.45, 2.75) is 6.92 Å². The molecular formula is C68H51B2BrI3N11O8. The van der Waals surface area contributed by atoms with E-state index < -0.39 is 19.8 Å². The van der Waals surface area contributed by atoms with Crippen molar-refractivity contribution in [1.82, 2.24) is 44.9 Å². The lowest BCUT2D eigenvalue weighted by atomic mass is 9.78. The van der Waals surface area contributed by atoms with Gasteiger partial charge in [-0.1, -0.05) is 131 Å². The Morgan fingerprint density at radius 2 is 1.19 bits per heavy atom. The van der Waals surface area contributed by atoms with Crippen LogP contribution in [0, 0.1) is 35.7 Å². The van der Waals surface area contributed by atoms with Gasteiger partial charge in [0, 0.05) is 71.1 Å². The summed E-state index contributed by atoms with van der Waals surface area (Å²) in [5.74, 6) is 0. The summed E-state index contributed by atoms with van der Waals surface area (Å²) in [7, 11) is -3.15. The van der Waals surface area contributed by atoms with Crippen LogP contribution in [0.3, 0.4) is 0 Å². The van der Waals surface area contributed by atoms with Crippen molar-refractivity contribution in [3.8, 4) is 28.5 Å². The van der Waals surface area contributed by atoms with E-state index in [1.807, 2.05) is 73.8 Å². The number of aromatic amines is 4. The number of furan rings is 1. The number of aryl methyl sites for hydroxylation is 1. The second-order valence-electron chi connectivity index (χ2n) is 19.2. The van der Waals surface area contributed by atoms with Crippen LogP contribution in [0.15, 0.2) is 267 Å². The van der Waals surface area contributed by atoms with Gasteiger partial charge in [0.05, 0.1) is 67.6 Å². The summed E-state index contributed by atoms with van der Waals surface area (Å²) in [5, 5.41) is 48.8. The molecule has 0 saturated heterocycles. The van der Waals surface area contributed by atoms with Crippen LogP contribution in [0.1, 0.15) is 11.3 Å². The molecule has 460 valence electrons. The Morgan fingerprint density at radius 3 is 1.75 bits per heavy atom. The van der Waals surface area contributed by atoms with Crippen molar-refractivity contribution in [3.05, 3.63) is 303 Å².